The van der Waals surface area contributed by atoms with E-state index in [-0.39, 0.29) is 10.7 Å². The average Bonchev–Trinajstić information content (AvgIpc) is 2.15. The summed E-state index contributed by atoms with van der Waals surface area (Å²) in [4.78, 5) is 11.0. The lowest BCUT2D eigenvalue weighted by atomic mass is 10.3. The van der Waals surface area contributed by atoms with Crippen molar-refractivity contribution >= 4 is 34.9 Å². The van der Waals surface area contributed by atoms with Crippen molar-refractivity contribution in [3.63, 3.8) is 0 Å². The highest BCUT2D eigenvalue weighted by Gasteiger charge is 2.14. The second-order valence-electron chi connectivity index (χ2n) is 2.46. The van der Waals surface area contributed by atoms with E-state index in [0.717, 1.165) is 0 Å². The number of hydrogen-bond donors (Lipinski definition) is 2. The zero-order valence-electron chi connectivity index (χ0n) is 7.29. The first-order valence-corrected chi connectivity index (χ1v) is 4.47. The molecule has 76 valence electrons. The third kappa shape index (κ3) is 2.29. The van der Waals surface area contributed by atoms with Crippen LogP contribution < -0.4 is 10.4 Å². The Bertz CT molecular complexity index is 357. The Morgan fingerprint density at radius 3 is 2.64 bits per heavy atom. The lowest BCUT2D eigenvalue weighted by molar-refractivity contribution is 0.206. The number of benzene rings is 1. The fourth-order valence-corrected chi connectivity index (χ4v) is 1.36. The lowest BCUT2D eigenvalue weighted by Crippen LogP contribution is -2.35. The SMILES string of the molecule is CNC(=O)N(O)c1ccc(Cl)cc1Cl. The quantitative estimate of drug-likeness (QED) is 0.580. The standard InChI is InChI=1S/C8H8Cl2N2O2/c1-11-8(13)12(14)7-3-2-5(9)4-6(7)10/h2-4,14H,1H3,(H,11,13). The number of amides is 2. The highest BCUT2D eigenvalue weighted by molar-refractivity contribution is 6.36. The van der Waals surface area contributed by atoms with E-state index in [1.54, 1.807) is 0 Å². The van der Waals surface area contributed by atoms with E-state index in [0.29, 0.717) is 10.1 Å². The Balaban J connectivity index is 3.01. The first-order valence-electron chi connectivity index (χ1n) is 3.72. The molecule has 4 nitrogen and oxygen atoms in total. The number of carbonyl (C=O) groups is 1. The van der Waals surface area contributed by atoms with E-state index in [2.05, 4.69) is 5.32 Å². The molecule has 2 N–H and O–H groups in total. The van der Waals surface area contributed by atoms with Crippen LogP contribution in [-0.2, 0) is 0 Å². The molecule has 0 heterocycles. The van der Waals surface area contributed by atoms with Gasteiger partial charge in [-0.05, 0) is 18.2 Å². The minimum absolute atomic E-state index is 0.176. The lowest BCUT2D eigenvalue weighted by Gasteiger charge is -2.15. The van der Waals surface area contributed by atoms with Crippen molar-refractivity contribution in [3.05, 3.63) is 28.2 Å². The van der Waals surface area contributed by atoms with Gasteiger partial charge in [0.2, 0.25) is 0 Å². The van der Waals surface area contributed by atoms with Crippen LogP contribution in [0.3, 0.4) is 0 Å². The van der Waals surface area contributed by atoms with Gasteiger partial charge in [0, 0.05) is 12.1 Å². The summed E-state index contributed by atoms with van der Waals surface area (Å²) in [5.74, 6) is 0. The van der Waals surface area contributed by atoms with Gasteiger partial charge >= 0.3 is 6.03 Å². The molecule has 1 rings (SSSR count). The second kappa shape index (κ2) is 4.50. The van der Waals surface area contributed by atoms with Crippen molar-refractivity contribution in [1.29, 1.82) is 0 Å². The van der Waals surface area contributed by atoms with Gasteiger partial charge in [0.05, 0.1) is 10.7 Å². The van der Waals surface area contributed by atoms with Gasteiger partial charge in [-0.2, -0.15) is 5.06 Å². The first kappa shape index (κ1) is 11.1. The summed E-state index contributed by atoms with van der Waals surface area (Å²) in [7, 11) is 1.40. The molecule has 1 aromatic carbocycles. The summed E-state index contributed by atoms with van der Waals surface area (Å²) in [5, 5.41) is 12.7. The van der Waals surface area contributed by atoms with Crippen LogP contribution in [0.5, 0.6) is 0 Å². The van der Waals surface area contributed by atoms with Crippen molar-refractivity contribution in [2.24, 2.45) is 0 Å². The molecule has 14 heavy (non-hydrogen) atoms. The van der Waals surface area contributed by atoms with Crippen LogP contribution in [0.25, 0.3) is 0 Å². The van der Waals surface area contributed by atoms with Crippen LogP contribution in [0.15, 0.2) is 18.2 Å². The smallest absolute Gasteiger partial charge is 0.339 e. The number of rotatable bonds is 1. The van der Waals surface area contributed by atoms with Crippen LogP contribution in [0.4, 0.5) is 10.5 Å². The van der Waals surface area contributed by atoms with Gasteiger partial charge in [-0.1, -0.05) is 23.2 Å². The number of hydroxylamine groups is 1. The predicted molar refractivity (Wildman–Crippen MR) is 55.2 cm³/mol. The molecule has 0 atom stereocenters. The molecule has 0 aliphatic carbocycles. The molecule has 0 bridgehead atoms. The molecule has 6 heteroatoms. The maximum absolute atomic E-state index is 11.0. The molecule has 0 aliphatic rings. The highest BCUT2D eigenvalue weighted by atomic mass is 35.5. The number of carbonyl (C=O) groups excluding carboxylic acids is 1. The van der Waals surface area contributed by atoms with Crippen LogP contribution >= 0.6 is 23.2 Å². The van der Waals surface area contributed by atoms with E-state index in [9.17, 15) is 10.0 Å². The van der Waals surface area contributed by atoms with Crippen LogP contribution in [0.1, 0.15) is 0 Å². The number of nitrogens with zero attached hydrogens (tertiary/aromatic N) is 1. The number of hydrogen-bond acceptors (Lipinski definition) is 2. The van der Waals surface area contributed by atoms with E-state index in [1.165, 1.54) is 25.2 Å². The molecule has 0 saturated heterocycles. The van der Waals surface area contributed by atoms with Crippen molar-refractivity contribution < 1.29 is 10.0 Å². The van der Waals surface area contributed by atoms with Crippen LogP contribution in [0, 0.1) is 0 Å². The maximum Gasteiger partial charge on any atom is 0.345 e. The third-order valence-electron chi connectivity index (χ3n) is 1.54. The topological polar surface area (TPSA) is 52.6 Å². The molecular weight excluding hydrogens is 227 g/mol. The highest BCUT2D eigenvalue weighted by Crippen LogP contribution is 2.27. The minimum atomic E-state index is -0.672. The summed E-state index contributed by atoms with van der Waals surface area (Å²) >= 11 is 11.4. The Kier molecular flexibility index (Phi) is 3.57. The van der Waals surface area contributed by atoms with Gasteiger partial charge in [0.15, 0.2) is 0 Å². The summed E-state index contributed by atoms with van der Waals surface area (Å²) in [5.41, 5.74) is 0.176. The molecule has 0 unspecified atom stereocenters. The third-order valence-corrected chi connectivity index (χ3v) is 2.08. The van der Waals surface area contributed by atoms with Gasteiger partial charge < -0.3 is 5.32 Å². The Hall–Kier alpha value is -0.970. The van der Waals surface area contributed by atoms with Gasteiger partial charge in [-0.3, -0.25) is 5.21 Å². The summed E-state index contributed by atoms with van der Waals surface area (Å²) in [6.45, 7) is 0. The zero-order chi connectivity index (χ0) is 10.7. The van der Waals surface area contributed by atoms with Crippen LogP contribution in [0.2, 0.25) is 10.0 Å². The van der Waals surface area contributed by atoms with Gasteiger partial charge in [-0.25, -0.2) is 4.79 Å². The maximum atomic E-state index is 11.0. The number of urea groups is 1. The average molecular weight is 235 g/mol. The van der Waals surface area contributed by atoms with E-state index < -0.39 is 6.03 Å². The monoisotopic (exact) mass is 234 g/mol. The predicted octanol–water partition coefficient (Wildman–Crippen LogP) is 2.53. The fourth-order valence-electron chi connectivity index (χ4n) is 0.868. The zero-order valence-corrected chi connectivity index (χ0v) is 8.80. The van der Waals surface area contributed by atoms with Crippen LogP contribution in [-0.4, -0.2) is 18.3 Å². The minimum Gasteiger partial charge on any atom is -0.339 e. The molecule has 0 fully saturated rings. The Morgan fingerprint density at radius 1 is 1.50 bits per heavy atom. The van der Waals surface area contributed by atoms with E-state index in [4.69, 9.17) is 23.2 Å². The second-order valence-corrected chi connectivity index (χ2v) is 3.31. The van der Waals surface area contributed by atoms with E-state index in [1.807, 2.05) is 0 Å². The summed E-state index contributed by atoms with van der Waals surface area (Å²) in [6.07, 6.45) is 0. The van der Waals surface area contributed by atoms with Gasteiger partial charge in [-0.15, -0.1) is 0 Å². The largest absolute Gasteiger partial charge is 0.345 e. The Morgan fingerprint density at radius 2 is 2.14 bits per heavy atom. The molecule has 0 spiro atoms. The summed E-state index contributed by atoms with van der Waals surface area (Å²) < 4.78 is 0. The molecule has 0 saturated carbocycles. The number of anilines is 1. The van der Waals surface area contributed by atoms with Crippen molar-refractivity contribution in [2.45, 2.75) is 0 Å². The van der Waals surface area contributed by atoms with Crippen molar-refractivity contribution in [3.8, 4) is 0 Å². The normalized spacial score (nSPS) is 9.71. The van der Waals surface area contributed by atoms with Gasteiger partial charge in [0.25, 0.3) is 0 Å². The number of nitrogens with one attached hydrogen (secondary N) is 1. The molecule has 1 aromatic rings. The van der Waals surface area contributed by atoms with Crippen molar-refractivity contribution in [1.82, 2.24) is 5.32 Å². The van der Waals surface area contributed by atoms with Crippen molar-refractivity contribution in [2.75, 3.05) is 12.1 Å². The first-order chi connectivity index (χ1) is 6.56. The molecule has 0 radical (unpaired) electrons. The Labute approximate surface area is 91.0 Å². The molecule has 0 aromatic heterocycles. The van der Waals surface area contributed by atoms with Gasteiger partial charge in [0.1, 0.15) is 0 Å². The van der Waals surface area contributed by atoms with E-state index >= 15 is 0 Å². The number of halogens is 2. The summed E-state index contributed by atoms with van der Waals surface area (Å²) in [6, 6.07) is 3.73. The molecule has 2 amide bonds. The molecule has 0 aliphatic heterocycles. The fraction of sp³-hybridized carbons (Fsp3) is 0.125. The molecular formula is C8H8Cl2N2O2.